The lowest BCUT2D eigenvalue weighted by molar-refractivity contribution is -0.131. The number of aromatic nitrogens is 2. The molecule has 2 aromatic rings. The van der Waals surface area contributed by atoms with Gasteiger partial charge in [0.25, 0.3) is 5.56 Å². The first-order valence-corrected chi connectivity index (χ1v) is 8.93. The molecule has 1 amide bonds. The first-order chi connectivity index (χ1) is 12.5. The Bertz CT molecular complexity index is 887. The van der Waals surface area contributed by atoms with E-state index in [4.69, 9.17) is 0 Å². The second kappa shape index (κ2) is 8.03. The van der Waals surface area contributed by atoms with Crippen molar-refractivity contribution < 1.29 is 4.79 Å². The smallest absolute Gasteiger partial charge is 0.328 e. The van der Waals surface area contributed by atoms with Gasteiger partial charge in [0, 0.05) is 57.1 Å². The number of carbonyl (C=O) groups excluding carboxylic acids is 1. The van der Waals surface area contributed by atoms with Crippen LogP contribution in [0.1, 0.15) is 18.4 Å². The molecule has 0 unspecified atom stereocenters. The van der Waals surface area contributed by atoms with Crippen LogP contribution in [0.25, 0.3) is 0 Å². The molecule has 0 radical (unpaired) electrons. The summed E-state index contributed by atoms with van der Waals surface area (Å²) in [5.74, 6) is 0.0368. The van der Waals surface area contributed by atoms with E-state index >= 15 is 0 Å². The summed E-state index contributed by atoms with van der Waals surface area (Å²) in [6.45, 7) is 5.50. The Hall–Kier alpha value is -2.83. The standard InChI is InChI=1S/C19H24N4O3/c1-15-5-2-3-6-16(15)21-9-4-10-22(14-13-21)18(25)8-12-23-11-7-17(24)20-19(23)26/h2-3,5-7,11H,4,8-10,12-14H2,1H3,(H,20,24,26). The van der Waals surface area contributed by atoms with Crippen LogP contribution in [-0.4, -0.2) is 46.5 Å². The quantitative estimate of drug-likeness (QED) is 0.886. The molecule has 1 saturated heterocycles. The van der Waals surface area contributed by atoms with Gasteiger partial charge < -0.3 is 14.4 Å². The highest BCUT2D eigenvalue weighted by atomic mass is 16.2. The predicted molar refractivity (Wildman–Crippen MR) is 101 cm³/mol. The van der Waals surface area contributed by atoms with E-state index in [1.54, 1.807) is 0 Å². The summed E-state index contributed by atoms with van der Waals surface area (Å²) in [5.41, 5.74) is 1.56. The summed E-state index contributed by atoms with van der Waals surface area (Å²) < 4.78 is 1.36. The minimum Gasteiger partial charge on any atom is -0.369 e. The molecular weight excluding hydrogens is 332 g/mol. The third-order valence-electron chi connectivity index (χ3n) is 4.77. The SMILES string of the molecule is Cc1ccccc1N1CCCN(C(=O)CCn2ccc(=O)[nH]c2=O)CC1. The largest absolute Gasteiger partial charge is 0.369 e. The van der Waals surface area contributed by atoms with Gasteiger partial charge in [-0.1, -0.05) is 18.2 Å². The number of amides is 1. The minimum absolute atomic E-state index is 0.0368. The van der Waals surface area contributed by atoms with Crippen molar-refractivity contribution in [1.29, 1.82) is 0 Å². The van der Waals surface area contributed by atoms with E-state index in [9.17, 15) is 14.4 Å². The summed E-state index contributed by atoms with van der Waals surface area (Å²) in [6.07, 6.45) is 2.59. The average molecular weight is 356 g/mol. The lowest BCUT2D eigenvalue weighted by atomic mass is 10.2. The first-order valence-electron chi connectivity index (χ1n) is 8.93. The highest BCUT2D eigenvalue weighted by Gasteiger charge is 2.20. The number of carbonyl (C=O) groups is 1. The maximum absolute atomic E-state index is 12.5. The van der Waals surface area contributed by atoms with Crippen molar-refractivity contribution in [2.75, 3.05) is 31.1 Å². The summed E-state index contributed by atoms with van der Waals surface area (Å²) in [4.78, 5) is 41.7. The molecule has 1 aromatic heterocycles. The maximum Gasteiger partial charge on any atom is 0.328 e. The molecule has 2 heterocycles. The van der Waals surface area contributed by atoms with E-state index in [1.165, 1.54) is 28.1 Å². The molecule has 1 aliphatic heterocycles. The minimum atomic E-state index is -0.480. The number of anilines is 1. The summed E-state index contributed by atoms with van der Waals surface area (Å²) >= 11 is 0. The number of aryl methyl sites for hydroxylation is 2. The number of benzene rings is 1. The van der Waals surface area contributed by atoms with Crippen LogP contribution in [0.2, 0.25) is 0 Å². The van der Waals surface area contributed by atoms with Gasteiger partial charge in [-0.3, -0.25) is 14.6 Å². The number of nitrogens with zero attached hydrogens (tertiary/aromatic N) is 3. The van der Waals surface area contributed by atoms with E-state index in [-0.39, 0.29) is 18.9 Å². The molecule has 0 spiro atoms. The summed E-state index contributed by atoms with van der Waals surface area (Å²) in [6, 6.07) is 9.58. The molecule has 0 aliphatic carbocycles. The van der Waals surface area contributed by atoms with Gasteiger partial charge in [-0.05, 0) is 25.0 Å². The third kappa shape index (κ3) is 4.22. The van der Waals surface area contributed by atoms with E-state index in [0.29, 0.717) is 6.54 Å². The highest BCUT2D eigenvalue weighted by molar-refractivity contribution is 5.76. The summed E-state index contributed by atoms with van der Waals surface area (Å²) in [7, 11) is 0. The lowest BCUT2D eigenvalue weighted by Gasteiger charge is -2.25. The fourth-order valence-electron chi connectivity index (χ4n) is 3.32. The second-order valence-electron chi connectivity index (χ2n) is 6.56. The fourth-order valence-corrected chi connectivity index (χ4v) is 3.32. The van der Waals surface area contributed by atoms with Crippen molar-refractivity contribution in [2.24, 2.45) is 0 Å². The molecule has 138 valence electrons. The summed E-state index contributed by atoms with van der Waals surface area (Å²) in [5, 5.41) is 0. The molecule has 0 saturated carbocycles. The van der Waals surface area contributed by atoms with Gasteiger partial charge in [0.05, 0.1) is 0 Å². The molecule has 3 rings (SSSR count). The Kier molecular flexibility index (Phi) is 5.55. The van der Waals surface area contributed by atoms with Crippen LogP contribution in [0.15, 0.2) is 46.1 Å². The number of aromatic amines is 1. The van der Waals surface area contributed by atoms with Crippen LogP contribution in [0, 0.1) is 6.92 Å². The Morgan fingerprint density at radius 1 is 1.08 bits per heavy atom. The van der Waals surface area contributed by atoms with Gasteiger partial charge in [0.2, 0.25) is 5.91 Å². The van der Waals surface area contributed by atoms with Crippen LogP contribution < -0.4 is 16.1 Å². The molecule has 1 fully saturated rings. The van der Waals surface area contributed by atoms with E-state index < -0.39 is 11.2 Å². The van der Waals surface area contributed by atoms with Crippen molar-refractivity contribution in [1.82, 2.24) is 14.5 Å². The van der Waals surface area contributed by atoms with Crippen molar-refractivity contribution in [3.05, 3.63) is 62.9 Å². The molecule has 7 heteroatoms. The fraction of sp³-hybridized carbons (Fsp3) is 0.421. The van der Waals surface area contributed by atoms with Crippen molar-refractivity contribution in [3.63, 3.8) is 0 Å². The van der Waals surface area contributed by atoms with Gasteiger partial charge in [-0.2, -0.15) is 0 Å². The Labute approximate surface area is 151 Å². The maximum atomic E-state index is 12.5. The first kappa shape index (κ1) is 18.0. The van der Waals surface area contributed by atoms with Gasteiger partial charge in [-0.15, -0.1) is 0 Å². The third-order valence-corrected chi connectivity index (χ3v) is 4.77. The van der Waals surface area contributed by atoms with Crippen LogP contribution in [0.4, 0.5) is 5.69 Å². The van der Waals surface area contributed by atoms with Gasteiger partial charge in [0.1, 0.15) is 0 Å². The van der Waals surface area contributed by atoms with Crippen molar-refractivity contribution >= 4 is 11.6 Å². The van der Waals surface area contributed by atoms with Crippen LogP contribution in [0.5, 0.6) is 0 Å². The van der Waals surface area contributed by atoms with Crippen molar-refractivity contribution in [2.45, 2.75) is 26.3 Å². The van der Waals surface area contributed by atoms with E-state index in [2.05, 4.69) is 28.9 Å². The molecular formula is C19H24N4O3. The monoisotopic (exact) mass is 356 g/mol. The zero-order chi connectivity index (χ0) is 18.5. The lowest BCUT2D eigenvalue weighted by Crippen LogP contribution is -2.36. The number of hydrogen-bond acceptors (Lipinski definition) is 4. The zero-order valence-electron chi connectivity index (χ0n) is 15.0. The number of nitrogens with one attached hydrogen (secondary N) is 1. The molecule has 0 atom stereocenters. The number of rotatable bonds is 4. The molecule has 1 aromatic carbocycles. The topological polar surface area (TPSA) is 78.4 Å². The van der Waals surface area contributed by atoms with Gasteiger partial charge >= 0.3 is 5.69 Å². The van der Waals surface area contributed by atoms with Gasteiger partial charge in [0.15, 0.2) is 0 Å². The molecule has 7 nitrogen and oxygen atoms in total. The molecule has 26 heavy (non-hydrogen) atoms. The number of H-pyrrole nitrogens is 1. The van der Waals surface area contributed by atoms with Crippen LogP contribution in [0.3, 0.4) is 0 Å². The number of para-hydroxylation sites is 1. The predicted octanol–water partition coefficient (Wildman–Crippen LogP) is 0.974. The normalized spacial score (nSPS) is 15.0. The van der Waals surface area contributed by atoms with Crippen molar-refractivity contribution in [3.8, 4) is 0 Å². The molecule has 0 bridgehead atoms. The van der Waals surface area contributed by atoms with E-state index in [0.717, 1.165) is 26.1 Å². The molecule has 1 N–H and O–H groups in total. The average Bonchev–Trinajstić information content (AvgIpc) is 2.87. The van der Waals surface area contributed by atoms with Crippen LogP contribution in [-0.2, 0) is 11.3 Å². The molecule has 1 aliphatic rings. The van der Waals surface area contributed by atoms with Crippen LogP contribution >= 0.6 is 0 Å². The Balaban J connectivity index is 1.58. The number of hydrogen-bond donors (Lipinski definition) is 1. The highest BCUT2D eigenvalue weighted by Crippen LogP contribution is 2.21. The second-order valence-corrected chi connectivity index (χ2v) is 6.56. The Morgan fingerprint density at radius 3 is 2.65 bits per heavy atom. The zero-order valence-corrected chi connectivity index (χ0v) is 15.0. The Morgan fingerprint density at radius 2 is 1.88 bits per heavy atom. The van der Waals surface area contributed by atoms with E-state index in [1.807, 2.05) is 17.0 Å². The van der Waals surface area contributed by atoms with Gasteiger partial charge in [-0.25, -0.2) is 4.79 Å².